The second kappa shape index (κ2) is 44.6. The summed E-state index contributed by atoms with van der Waals surface area (Å²) in [5.41, 5.74) is 17.8. The number of nitrogens with zero attached hydrogens (tertiary/aromatic N) is 1. The van der Waals surface area contributed by atoms with Gasteiger partial charge in [-0.2, -0.15) is 0 Å². The fourth-order valence-electron chi connectivity index (χ4n) is 9.15. The molecule has 496 valence electrons. The van der Waals surface area contributed by atoms with Crippen LogP contribution in [0.5, 0.6) is 5.75 Å². The van der Waals surface area contributed by atoms with Gasteiger partial charge in [-0.1, -0.05) is 32.4 Å². The second-order valence-corrected chi connectivity index (χ2v) is 23.9. The predicted molar refractivity (Wildman–Crippen MR) is 330 cm³/mol. The number of carbonyl (C=O) groups excluding carboxylic acids is 12. The summed E-state index contributed by atoms with van der Waals surface area (Å²) in [6, 6.07) is 1.17. The summed E-state index contributed by atoms with van der Waals surface area (Å²) in [6.45, 7) is 12.7. The fraction of sp³-hybridized carbons (Fsp3) is 0.710. The predicted octanol–water partition coefficient (Wildman–Crippen LogP) is 2.28. The number of phenols is 1. The molecule has 26 heteroatoms. The van der Waals surface area contributed by atoms with Gasteiger partial charge in [-0.15, -0.1) is 11.8 Å². The van der Waals surface area contributed by atoms with E-state index in [0.717, 1.165) is 4.90 Å². The minimum Gasteiger partial charge on any atom is -0.508 e. The number of nitrogens with two attached hydrogens (primary N) is 3. The summed E-state index contributed by atoms with van der Waals surface area (Å²) in [5, 5.41) is 19.8. The average molecular weight is 1260 g/mol. The van der Waals surface area contributed by atoms with Crippen LogP contribution >= 0.6 is 11.8 Å². The Morgan fingerprint density at radius 1 is 0.580 bits per heavy atom. The van der Waals surface area contributed by atoms with Gasteiger partial charge in [0.05, 0.1) is 81.7 Å². The van der Waals surface area contributed by atoms with Crippen LogP contribution in [0.2, 0.25) is 0 Å². The van der Waals surface area contributed by atoms with Gasteiger partial charge in [-0.3, -0.25) is 62.4 Å². The molecule has 1 aromatic rings. The minimum absolute atomic E-state index is 0.0129. The topological polar surface area (TPSA) is 391 Å². The van der Waals surface area contributed by atoms with Crippen molar-refractivity contribution in [1.82, 2.24) is 26.2 Å². The molecule has 0 radical (unpaired) electrons. The molecule has 1 heterocycles. The lowest BCUT2D eigenvalue weighted by atomic mass is 9.90. The van der Waals surface area contributed by atoms with E-state index < -0.39 is 94.2 Å². The van der Waals surface area contributed by atoms with Gasteiger partial charge in [0.1, 0.15) is 17.3 Å². The average Bonchev–Trinajstić information content (AvgIpc) is 4.04. The smallest absolute Gasteiger partial charge is 0.242 e. The first-order valence-electron chi connectivity index (χ1n) is 30.9. The number of ketones is 6. The van der Waals surface area contributed by atoms with Crippen LogP contribution in [0.15, 0.2) is 24.3 Å². The Morgan fingerprint density at radius 3 is 1.66 bits per heavy atom. The van der Waals surface area contributed by atoms with Crippen LogP contribution < -0.4 is 38.5 Å². The van der Waals surface area contributed by atoms with E-state index in [4.69, 9.17) is 36.1 Å². The number of benzene rings is 1. The van der Waals surface area contributed by atoms with Crippen LogP contribution in [0.3, 0.4) is 0 Å². The lowest BCUT2D eigenvalue weighted by molar-refractivity contribution is -0.139. The van der Waals surface area contributed by atoms with Gasteiger partial charge in [0.2, 0.25) is 35.4 Å². The number of ether oxygens (including phenoxy) is 4. The molecule has 6 amide bonds. The van der Waals surface area contributed by atoms with Gasteiger partial charge in [0.25, 0.3) is 0 Å². The number of aromatic hydroxyl groups is 1. The van der Waals surface area contributed by atoms with Crippen molar-refractivity contribution in [2.45, 2.75) is 186 Å². The minimum atomic E-state index is -1.06. The van der Waals surface area contributed by atoms with Gasteiger partial charge >= 0.3 is 0 Å². The van der Waals surface area contributed by atoms with E-state index >= 15 is 0 Å². The van der Waals surface area contributed by atoms with Crippen LogP contribution in [0.1, 0.15) is 150 Å². The molecule has 2 rings (SSSR count). The number of imide groups is 1. The zero-order valence-corrected chi connectivity index (χ0v) is 53.4. The van der Waals surface area contributed by atoms with Crippen molar-refractivity contribution in [1.29, 1.82) is 0 Å². The number of thioether (sulfide) groups is 1. The van der Waals surface area contributed by atoms with Crippen LogP contribution in [-0.4, -0.2) is 194 Å². The highest BCUT2D eigenvalue weighted by atomic mass is 32.2. The first-order valence-corrected chi connectivity index (χ1v) is 32.0. The molecule has 1 fully saturated rings. The molecule has 0 bridgehead atoms. The molecule has 0 saturated carbocycles. The number of carbonyl (C=O) groups is 12. The molecule has 11 N–H and O–H groups in total. The highest BCUT2D eigenvalue weighted by Crippen LogP contribution is 2.27. The Labute approximate surface area is 522 Å². The van der Waals surface area contributed by atoms with Gasteiger partial charge in [0.15, 0.2) is 23.1 Å². The van der Waals surface area contributed by atoms with E-state index in [1.54, 1.807) is 12.1 Å². The molecule has 1 aliphatic rings. The largest absolute Gasteiger partial charge is 0.508 e. The summed E-state index contributed by atoms with van der Waals surface area (Å²) in [7, 11) is 0. The maximum absolute atomic E-state index is 13.8. The third-order valence-corrected chi connectivity index (χ3v) is 16.0. The SMILES string of the molecule is CC(=O)CCOCCOCCOCCOCCCC(=O)CCN1C(=O)CC(SCCCC(=O)[C@H](CCCCN)NC(=O)[C@H](C)CC(=O)[C@H](C)NC(=O)[C@H](C)CC(=O)[C@H](C)NC(=O)[C@H](CCCCN)CC(=O)[C@H](Cc2ccc(O)cc2)NC(=O)[C@H](C)N)C1=O. The molecule has 1 unspecified atom stereocenters. The van der Waals surface area contributed by atoms with Crippen LogP contribution in [0, 0.1) is 17.8 Å². The molecule has 1 saturated heterocycles. The van der Waals surface area contributed by atoms with E-state index in [9.17, 15) is 62.6 Å². The van der Waals surface area contributed by atoms with Crippen LogP contribution in [-0.2, 0) is 82.9 Å². The van der Waals surface area contributed by atoms with Crippen molar-refractivity contribution in [2.75, 3.05) is 78.2 Å². The Balaban J connectivity index is 1.80. The molecule has 0 aliphatic carbocycles. The second-order valence-electron chi connectivity index (χ2n) is 22.6. The monoisotopic (exact) mass is 1260 g/mol. The number of phenolic OH excluding ortho intramolecular Hbond substituents is 1. The van der Waals surface area contributed by atoms with Crippen molar-refractivity contribution in [3.05, 3.63) is 29.8 Å². The van der Waals surface area contributed by atoms with Crippen molar-refractivity contribution < 1.29 is 81.6 Å². The first-order chi connectivity index (χ1) is 41.9. The number of Topliss-reactive ketones (excluding diaryl/α,β-unsaturated/α-hetero) is 6. The number of hydrogen-bond donors (Lipinski definition) is 8. The molecule has 25 nitrogen and oxygen atoms in total. The van der Waals surface area contributed by atoms with E-state index in [0.29, 0.717) is 129 Å². The normalized spacial score (nSPS) is 15.9. The Morgan fingerprint density at radius 2 is 1.10 bits per heavy atom. The summed E-state index contributed by atoms with van der Waals surface area (Å²) in [4.78, 5) is 158. The third-order valence-electron chi connectivity index (χ3n) is 14.7. The van der Waals surface area contributed by atoms with Gasteiger partial charge < -0.3 is 62.5 Å². The maximum atomic E-state index is 13.8. The van der Waals surface area contributed by atoms with E-state index in [1.165, 1.54) is 65.4 Å². The zero-order valence-electron chi connectivity index (χ0n) is 52.6. The van der Waals surface area contributed by atoms with Crippen molar-refractivity contribution in [3.8, 4) is 5.75 Å². The van der Waals surface area contributed by atoms with E-state index in [2.05, 4.69) is 21.3 Å². The Kier molecular flexibility index (Phi) is 39.6. The summed E-state index contributed by atoms with van der Waals surface area (Å²) in [6.07, 6.45) is 3.54. The Hall–Kier alpha value is -5.87. The molecular formula is C62H100N8O17S. The summed E-state index contributed by atoms with van der Waals surface area (Å²) in [5.74, 6) is -7.02. The number of hydrogen-bond acceptors (Lipinski definition) is 21. The third kappa shape index (κ3) is 32.6. The summed E-state index contributed by atoms with van der Waals surface area (Å²) < 4.78 is 21.7. The molecule has 1 aliphatic heterocycles. The van der Waals surface area contributed by atoms with Crippen molar-refractivity contribution in [3.63, 3.8) is 0 Å². The van der Waals surface area contributed by atoms with Gasteiger partial charge in [0, 0.05) is 82.3 Å². The molecule has 9 atom stereocenters. The maximum Gasteiger partial charge on any atom is 0.242 e. The van der Waals surface area contributed by atoms with Crippen molar-refractivity contribution in [2.24, 2.45) is 35.0 Å². The quantitative estimate of drug-likeness (QED) is 0.0342. The standard InChI is InChI=1S/C62H100N8O17S/c1-40(35-54(76)45(6)67-61(82)47(13-7-9-23-63)38-55(77)51(69-60(81)43(4)65)37-46-17-19-49(73)20-18-46)58(79)66-44(5)53(75)36-41(2)59(80)68-50(15-8-10-24-64)52(74)16-12-34-88-56-39-57(78)70(62(56)83)25-21-48(72)14-11-26-84-28-30-86-32-33-87-31-29-85-27-22-42(3)71/h17-20,40-41,43-45,47,50-51,56,73H,7-16,21-39,63-65H2,1-6H3,(H,66,79)(H,67,82)(H,68,80)(H,69,81)/t40-,41-,43+,44+,45+,47-,50+,51+,56?/m1/s1. The van der Waals surface area contributed by atoms with E-state index in [1.807, 2.05) is 0 Å². The van der Waals surface area contributed by atoms with Crippen LogP contribution in [0.4, 0.5) is 0 Å². The van der Waals surface area contributed by atoms with E-state index in [-0.39, 0.29) is 99.2 Å². The number of amides is 6. The number of likely N-dealkylation sites (tertiary alicyclic amines) is 1. The van der Waals surface area contributed by atoms with Crippen molar-refractivity contribution >= 4 is 81.9 Å². The fourth-order valence-corrected chi connectivity index (χ4v) is 10.3. The lowest BCUT2D eigenvalue weighted by Crippen LogP contribution is -2.49. The highest BCUT2D eigenvalue weighted by Gasteiger charge is 2.39. The zero-order chi connectivity index (χ0) is 65.6. The number of unbranched alkanes of at least 4 members (excludes halogenated alkanes) is 2. The lowest BCUT2D eigenvalue weighted by Gasteiger charge is -2.24. The van der Waals surface area contributed by atoms with Gasteiger partial charge in [-0.25, -0.2) is 0 Å². The molecule has 0 spiro atoms. The highest BCUT2D eigenvalue weighted by molar-refractivity contribution is 8.00. The number of rotatable bonds is 52. The molecule has 0 aromatic heterocycles. The molecule has 1 aromatic carbocycles. The Bertz CT molecular complexity index is 2400. The first kappa shape index (κ1) is 78.2. The summed E-state index contributed by atoms with van der Waals surface area (Å²) >= 11 is 1.26. The number of nitrogens with one attached hydrogen (secondary N) is 4. The molecule has 88 heavy (non-hydrogen) atoms. The molecular weight excluding hydrogens is 1160 g/mol. The van der Waals surface area contributed by atoms with Crippen LogP contribution in [0.25, 0.3) is 0 Å². The van der Waals surface area contributed by atoms with Gasteiger partial charge in [-0.05, 0) is 116 Å².